The average molecular weight is 345 g/mol. The summed E-state index contributed by atoms with van der Waals surface area (Å²) in [6, 6.07) is 11.0. The Balaban J connectivity index is 1.41. The Kier molecular flexibility index (Phi) is 5.71. The monoisotopic (exact) mass is 345 g/mol. The summed E-state index contributed by atoms with van der Waals surface area (Å²) < 4.78 is 26.3. The highest BCUT2D eigenvalue weighted by Gasteiger charge is 2.22. The van der Waals surface area contributed by atoms with Crippen LogP contribution in [0.15, 0.2) is 42.6 Å². The molecule has 1 unspecified atom stereocenters. The first-order valence-electron chi connectivity index (χ1n) is 8.47. The SMILES string of the molecule is O=C(NCCC1CCN(Cc2ccccc2)C1)c1ncc(F)cc1F. The van der Waals surface area contributed by atoms with E-state index < -0.39 is 17.5 Å². The first kappa shape index (κ1) is 17.5. The van der Waals surface area contributed by atoms with Crippen LogP contribution >= 0.6 is 0 Å². The maximum absolute atomic E-state index is 13.5. The van der Waals surface area contributed by atoms with Crippen molar-refractivity contribution in [2.75, 3.05) is 19.6 Å². The predicted octanol–water partition coefficient (Wildman–Crippen LogP) is 3.00. The zero-order valence-electron chi connectivity index (χ0n) is 13.9. The number of amides is 1. The molecule has 25 heavy (non-hydrogen) atoms. The van der Waals surface area contributed by atoms with Crippen LogP contribution in [0.3, 0.4) is 0 Å². The van der Waals surface area contributed by atoms with E-state index in [1.165, 1.54) is 5.56 Å². The van der Waals surface area contributed by atoms with Gasteiger partial charge in [0.15, 0.2) is 11.5 Å². The Morgan fingerprint density at radius 3 is 2.84 bits per heavy atom. The van der Waals surface area contributed by atoms with Crippen LogP contribution in [0.5, 0.6) is 0 Å². The number of halogens is 2. The molecule has 1 fully saturated rings. The van der Waals surface area contributed by atoms with Gasteiger partial charge in [0, 0.05) is 25.7 Å². The van der Waals surface area contributed by atoms with Crippen molar-refractivity contribution in [3.63, 3.8) is 0 Å². The van der Waals surface area contributed by atoms with Crippen molar-refractivity contribution in [3.8, 4) is 0 Å². The molecule has 1 atom stereocenters. The molecule has 0 saturated carbocycles. The summed E-state index contributed by atoms with van der Waals surface area (Å²) in [5.41, 5.74) is 0.938. The Bertz CT molecular complexity index is 724. The van der Waals surface area contributed by atoms with Gasteiger partial charge in [0.25, 0.3) is 5.91 Å². The standard InChI is InChI=1S/C19H21F2N3O/c20-16-10-17(21)18(23-11-16)19(25)22-8-6-15-7-9-24(13-15)12-14-4-2-1-3-5-14/h1-5,10-11,15H,6-9,12-13H2,(H,22,25). The van der Waals surface area contributed by atoms with Crippen molar-refractivity contribution >= 4 is 5.91 Å². The summed E-state index contributed by atoms with van der Waals surface area (Å²) in [5, 5.41) is 2.67. The fourth-order valence-electron chi connectivity index (χ4n) is 3.19. The molecule has 1 saturated heterocycles. The zero-order valence-corrected chi connectivity index (χ0v) is 13.9. The second-order valence-electron chi connectivity index (χ2n) is 6.40. The van der Waals surface area contributed by atoms with Gasteiger partial charge in [-0.1, -0.05) is 30.3 Å². The number of benzene rings is 1. The highest BCUT2D eigenvalue weighted by molar-refractivity contribution is 5.92. The van der Waals surface area contributed by atoms with Crippen molar-refractivity contribution in [2.45, 2.75) is 19.4 Å². The fourth-order valence-corrected chi connectivity index (χ4v) is 3.19. The summed E-state index contributed by atoms with van der Waals surface area (Å²) in [6.07, 6.45) is 2.77. The Labute approximate surface area is 145 Å². The second-order valence-corrected chi connectivity index (χ2v) is 6.40. The summed E-state index contributed by atoms with van der Waals surface area (Å²) in [7, 11) is 0. The van der Waals surface area contributed by atoms with Crippen molar-refractivity contribution in [1.82, 2.24) is 15.2 Å². The topological polar surface area (TPSA) is 45.2 Å². The maximum Gasteiger partial charge on any atom is 0.272 e. The van der Waals surface area contributed by atoms with E-state index in [9.17, 15) is 13.6 Å². The molecule has 3 rings (SSSR count). The average Bonchev–Trinajstić information content (AvgIpc) is 3.03. The van der Waals surface area contributed by atoms with E-state index in [1.807, 2.05) is 18.2 Å². The molecule has 2 aromatic rings. The number of rotatable bonds is 6. The molecular weight excluding hydrogens is 324 g/mol. The van der Waals surface area contributed by atoms with Crippen molar-refractivity contribution in [2.24, 2.45) is 5.92 Å². The fraction of sp³-hybridized carbons (Fsp3) is 0.368. The summed E-state index contributed by atoms with van der Waals surface area (Å²) in [5.74, 6) is -1.82. The smallest absolute Gasteiger partial charge is 0.272 e. The van der Waals surface area contributed by atoms with Crippen molar-refractivity contribution in [3.05, 3.63) is 65.5 Å². The number of pyridine rings is 1. The molecule has 0 bridgehead atoms. The van der Waals surface area contributed by atoms with Gasteiger partial charge >= 0.3 is 0 Å². The summed E-state index contributed by atoms with van der Waals surface area (Å²) in [6.45, 7) is 3.44. The molecule has 2 heterocycles. The number of likely N-dealkylation sites (tertiary alicyclic amines) is 1. The lowest BCUT2D eigenvalue weighted by atomic mass is 10.1. The quantitative estimate of drug-likeness (QED) is 0.875. The van der Waals surface area contributed by atoms with E-state index in [1.54, 1.807) is 0 Å². The third-order valence-corrected chi connectivity index (χ3v) is 4.48. The molecule has 0 radical (unpaired) electrons. The number of hydrogen-bond donors (Lipinski definition) is 1. The van der Waals surface area contributed by atoms with Gasteiger partial charge in [-0.3, -0.25) is 9.69 Å². The largest absolute Gasteiger partial charge is 0.351 e. The van der Waals surface area contributed by atoms with Gasteiger partial charge in [-0.25, -0.2) is 13.8 Å². The molecule has 4 nitrogen and oxygen atoms in total. The molecule has 0 spiro atoms. The number of nitrogens with one attached hydrogen (secondary N) is 1. The minimum absolute atomic E-state index is 0.362. The maximum atomic E-state index is 13.5. The normalized spacial score (nSPS) is 17.6. The van der Waals surface area contributed by atoms with Gasteiger partial charge in [-0.2, -0.15) is 0 Å². The second kappa shape index (κ2) is 8.16. The van der Waals surface area contributed by atoms with E-state index in [-0.39, 0.29) is 5.69 Å². The van der Waals surface area contributed by atoms with Gasteiger partial charge in [-0.15, -0.1) is 0 Å². The zero-order chi connectivity index (χ0) is 17.6. The Hall–Kier alpha value is -2.34. The third-order valence-electron chi connectivity index (χ3n) is 4.48. The van der Waals surface area contributed by atoms with Gasteiger partial charge in [0.05, 0.1) is 6.20 Å². The molecule has 1 amide bonds. The molecule has 1 aromatic carbocycles. The van der Waals surface area contributed by atoms with Crippen molar-refractivity contribution in [1.29, 1.82) is 0 Å². The lowest BCUT2D eigenvalue weighted by molar-refractivity contribution is 0.0942. The van der Waals surface area contributed by atoms with Gasteiger partial charge in [-0.05, 0) is 30.9 Å². The first-order chi connectivity index (χ1) is 12.1. The Morgan fingerprint density at radius 1 is 1.28 bits per heavy atom. The lowest BCUT2D eigenvalue weighted by Gasteiger charge is -2.16. The van der Waals surface area contributed by atoms with Crippen LogP contribution in [0.25, 0.3) is 0 Å². The number of carbonyl (C=O) groups excluding carboxylic acids is 1. The van der Waals surface area contributed by atoms with Gasteiger partial charge in [0.2, 0.25) is 0 Å². The van der Waals surface area contributed by atoms with Gasteiger partial charge in [0.1, 0.15) is 5.82 Å². The van der Waals surface area contributed by atoms with Crippen LogP contribution in [0, 0.1) is 17.6 Å². The molecule has 6 heteroatoms. The summed E-state index contributed by atoms with van der Waals surface area (Å²) >= 11 is 0. The molecule has 1 aromatic heterocycles. The van der Waals surface area contributed by atoms with E-state index in [0.717, 1.165) is 38.7 Å². The van der Waals surface area contributed by atoms with E-state index in [4.69, 9.17) is 0 Å². The third kappa shape index (κ3) is 4.82. The Morgan fingerprint density at radius 2 is 2.08 bits per heavy atom. The highest BCUT2D eigenvalue weighted by Crippen LogP contribution is 2.21. The van der Waals surface area contributed by atoms with Crippen LogP contribution in [0.4, 0.5) is 8.78 Å². The molecular formula is C19H21F2N3O. The van der Waals surface area contributed by atoms with E-state index in [2.05, 4.69) is 27.3 Å². The molecule has 0 aliphatic carbocycles. The number of hydrogen-bond acceptors (Lipinski definition) is 3. The molecule has 1 aliphatic heterocycles. The van der Waals surface area contributed by atoms with Crippen molar-refractivity contribution < 1.29 is 13.6 Å². The number of aromatic nitrogens is 1. The highest BCUT2D eigenvalue weighted by atomic mass is 19.1. The van der Waals surface area contributed by atoms with Crippen LogP contribution in [0.1, 0.15) is 28.9 Å². The van der Waals surface area contributed by atoms with Crippen LogP contribution in [0.2, 0.25) is 0 Å². The van der Waals surface area contributed by atoms with E-state index in [0.29, 0.717) is 18.5 Å². The minimum atomic E-state index is -0.938. The molecule has 1 aliphatic rings. The van der Waals surface area contributed by atoms with Gasteiger partial charge < -0.3 is 5.32 Å². The van der Waals surface area contributed by atoms with Crippen LogP contribution < -0.4 is 5.32 Å². The number of nitrogens with zero attached hydrogens (tertiary/aromatic N) is 2. The predicted molar refractivity (Wildman–Crippen MR) is 90.9 cm³/mol. The lowest BCUT2D eigenvalue weighted by Crippen LogP contribution is -2.28. The number of carbonyl (C=O) groups is 1. The molecule has 132 valence electrons. The molecule has 1 N–H and O–H groups in total. The first-order valence-corrected chi connectivity index (χ1v) is 8.47. The summed E-state index contributed by atoms with van der Waals surface area (Å²) in [4.78, 5) is 17.8. The van der Waals surface area contributed by atoms with Crippen LogP contribution in [-0.2, 0) is 6.54 Å². The van der Waals surface area contributed by atoms with Crippen LogP contribution in [-0.4, -0.2) is 35.4 Å². The minimum Gasteiger partial charge on any atom is -0.351 e. The van der Waals surface area contributed by atoms with E-state index >= 15 is 0 Å².